The van der Waals surface area contributed by atoms with Gasteiger partial charge in [0.25, 0.3) is 5.91 Å². The van der Waals surface area contributed by atoms with E-state index >= 15 is 0 Å². The molecule has 0 radical (unpaired) electrons. The normalized spacial score (nSPS) is 11.1. The van der Waals surface area contributed by atoms with E-state index in [-0.39, 0.29) is 24.7 Å². The van der Waals surface area contributed by atoms with Gasteiger partial charge in [0.1, 0.15) is 11.6 Å². The maximum absolute atomic E-state index is 14.0. The minimum Gasteiger partial charge on any atom is -0.484 e. The van der Waals surface area contributed by atoms with Crippen molar-refractivity contribution in [2.75, 3.05) is 17.6 Å². The molecule has 3 aromatic carbocycles. The zero-order chi connectivity index (χ0) is 22.4. The molecule has 1 amide bonds. The topological polar surface area (TPSA) is 84.5 Å². The largest absolute Gasteiger partial charge is 0.484 e. The maximum atomic E-state index is 14.0. The van der Waals surface area contributed by atoms with Crippen molar-refractivity contribution in [3.8, 4) is 16.9 Å². The highest BCUT2D eigenvalue weighted by atomic mass is 35.5. The van der Waals surface area contributed by atoms with Gasteiger partial charge in [-0.25, -0.2) is 12.8 Å². The molecule has 0 aromatic heterocycles. The molecule has 0 unspecified atom stereocenters. The van der Waals surface area contributed by atoms with Crippen LogP contribution in [0.3, 0.4) is 0 Å². The second-order valence-electron chi connectivity index (χ2n) is 6.76. The fourth-order valence-electron chi connectivity index (χ4n) is 2.78. The van der Waals surface area contributed by atoms with Gasteiger partial charge in [-0.15, -0.1) is 0 Å². The molecule has 9 heteroatoms. The van der Waals surface area contributed by atoms with E-state index in [1.807, 2.05) is 36.4 Å². The van der Waals surface area contributed by atoms with Crippen LogP contribution in [0, 0.1) is 5.82 Å². The third-order valence-electron chi connectivity index (χ3n) is 4.23. The minimum absolute atomic E-state index is 0.0731. The Kier molecular flexibility index (Phi) is 7.14. The summed E-state index contributed by atoms with van der Waals surface area (Å²) in [4.78, 5) is 12.0. The monoisotopic (exact) mass is 462 g/mol. The van der Waals surface area contributed by atoms with Crippen molar-refractivity contribution in [1.82, 2.24) is 5.32 Å². The number of rotatable bonds is 8. The van der Waals surface area contributed by atoms with Crippen molar-refractivity contribution in [2.24, 2.45) is 0 Å². The first-order chi connectivity index (χ1) is 14.7. The summed E-state index contributed by atoms with van der Waals surface area (Å²) >= 11 is 6.20. The van der Waals surface area contributed by atoms with Crippen molar-refractivity contribution in [3.63, 3.8) is 0 Å². The number of anilines is 1. The zero-order valence-electron chi connectivity index (χ0n) is 16.6. The van der Waals surface area contributed by atoms with Crippen molar-refractivity contribution in [2.45, 2.75) is 6.54 Å². The molecule has 0 aliphatic carbocycles. The Balaban J connectivity index is 1.50. The van der Waals surface area contributed by atoms with E-state index in [2.05, 4.69) is 10.0 Å². The Hall–Kier alpha value is -3.10. The van der Waals surface area contributed by atoms with E-state index in [4.69, 9.17) is 16.3 Å². The van der Waals surface area contributed by atoms with Crippen molar-refractivity contribution < 1.29 is 22.3 Å². The SMILES string of the molecule is CS(=O)(=O)Nc1ccc(CNC(=O)COc2ccc(-c3ccccc3Cl)cc2)cc1F. The van der Waals surface area contributed by atoms with Crippen LogP contribution < -0.4 is 14.8 Å². The van der Waals surface area contributed by atoms with Gasteiger partial charge in [-0.2, -0.15) is 0 Å². The molecule has 3 rings (SSSR count). The Morgan fingerprint density at radius 3 is 2.42 bits per heavy atom. The average molecular weight is 463 g/mol. The summed E-state index contributed by atoms with van der Waals surface area (Å²) in [7, 11) is -3.58. The molecule has 0 saturated carbocycles. The van der Waals surface area contributed by atoms with Crippen LogP contribution in [0.1, 0.15) is 5.56 Å². The van der Waals surface area contributed by atoms with Gasteiger partial charge >= 0.3 is 0 Å². The highest BCUT2D eigenvalue weighted by molar-refractivity contribution is 7.92. The van der Waals surface area contributed by atoms with Crippen LogP contribution >= 0.6 is 11.6 Å². The van der Waals surface area contributed by atoms with Gasteiger partial charge in [0.05, 0.1) is 11.9 Å². The fourth-order valence-corrected chi connectivity index (χ4v) is 3.59. The molecule has 0 heterocycles. The highest BCUT2D eigenvalue weighted by Gasteiger charge is 2.10. The lowest BCUT2D eigenvalue weighted by atomic mass is 10.1. The third kappa shape index (κ3) is 6.70. The number of carbonyl (C=O) groups is 1. The molecule has 31 heavy (non-hydrogen) atoms. The molecular formula is C22H20ClFN2O4S. The predicted molar refractivity (Wildman–Crippen MR) is 119 cm³/mol. The second-order valence-corrected chi connectivity index (χ2v) is 8.91. The van der Waals surface area contributed by atoms with E-state index < -0.39 is 15.8 Å². The Bertz CT molecular complexity index is 1180. The van der Waals surface area contributed by atoms with E-state index in [1.54, 1.807) is 12.1 Å². The zero-order valence-corrected chi connectivity index (χ0v) is 18.1. The van der Waals surface area contributed by atoms with Crippen LogP contribution in [-0.4, -0.2) is 27.2 Å². The van der Waals surface area contributed by atoms with Crippen LogP contribution in [0.25, 0.3) is 11.1 Å². The standard InChI is InChI=1S/C22H20ClFN2O4S/c1-31(28,29)26-21-11-6-15(12-20(21)24)13-25-22(27)14-30-17-9-7-16(8-10-17)18-4-2-3-5-19(18)23/h2-12,26H,13-14H2,1H3,(H,25,27). The summed E-state index contributed by atoms with van der Waals surface area (Å²) in [6.07, 6.45) is 0.935. The predicted octanol–water partition coefficient (Wildman–Crippen LogP) is 4.21. The van der Waals surface area contributed by atoms with Gasteiger partial charge in [0.2, 0.25) is 10.0 Å². The Morgan fingerprint density at radius 2 is 1.77 bits per heavy atom. The maximum Gasteiger partial charge on any atom is 0.258 e. The number of hydrogen-bond donors (Lipinski definition) is 2. The van der Waals surface area contributed by atoms with Gasteiger partial charge in [0.15, 0.2) is 6.61 Å². The summed E-state index contributed by atoms with van der Waals surface area (Å²) in [6.45, 7) is -0.134. The molecule has 0 aliphatic rings. The summed E-state index contributed by atoms with van der Waals surface area (Å²) in [5.74, 6) is -0.589. The molecule has 2 N–H and O–H groups in total. The first kappa shape index (κ1) is 22.6. The lowest BCUT2D eigenvalue weighted by Crippen LogP contribution is -2.28. The highest BCUT2D eigenvalue weighted by Crippen LogP contribution is 2.28. The lowest BCUT2D eigenvalue weighted by molar-refractivity contribution is -0.123. The number of nitrogens with one attached hydrogen (secondary N) is 2. The second kappa shape index (κ2) is 9.80. The van der Waals surface area contributed by atoms with Crippen LogP contribution in [0.2, 0.25) is 5.02 Å². The van der Waals surface area contributed by atoms with Gasteiger partial charge in [-0.05, 0) is 41.5 Å². The summed E-state index contributed by atoms with van der Waals surface area (Å²) < 4.78 is 43.9. The third-order valence-corrected chi connectivity index (χ3v) is 5.15. The van der Waals surface area contributed by atoms with Gasteiger partial charge in [-0.1, -0.05) is 48.0 Å². The number of halogens is 2. The quantitative estimate of drug-likeness (QED) is 0.525. The van der Waals surface area contributed by atoms with Crippen LogP contribution in [-0.2, 0) is 21.4 Å². The number of amides is 1. The molecule has 162 valence electrons. The Morgan fingerprint density at radius 1 is 1.06 bits per heavy atom. The first-order valence-corrected chi connectivity index (χ1v) is 11.5. The lowest BCUT2D eigenvalue weighted by Gasteiger charge is -2.10. The van der Waals surface area contributed by atoms with Gasteiger partial charge in [0, 0.05) is 17.1 Å². The number of ether oxygens (including phenoxy) is 1. The molecule has 0 fully saturated rings. The molecule has 0 bridgehead atoms. The van der Waals surface area contributed by atoms with Crippen molar-refractivity contribution in [1.29, 1.82) is 0 Å². The molecular weight excluding hydrogens is 443 g/mol. The summed E-state index contributed by atoms with van der Waals surface area (Å²) in [5, 5.41) is 3.27. The van der Waals surface area contributed by atoms with Crippen molar-refractivity contribution >= 4 is 33.2 Å². The number of benzene rings is 3. The number of sulfonamides is 1. The fraction of sp³-hybridized carbons (Fsp3) is 0.136. The summed E-state index contributed by atoms with van der Waals surface area (Å²) in [6, 6.07) is 18.7. The smallest absolute Gasteiger partial charge is 0.258 e. The minimum atomic E-state index is -3.58. The average Bonchev–Trinajstić information content (AvgIpc) is 2.72. The van der Waals surface area contributed by atoms with Gasteiger partial charge < -0.3 is 10.1 Å². The first-order valence-electron chi connectivity index (χ1n) is 9.22. The molecule has 0 saturated heterocycles. The Labute approximate surface area is 185 Å². The van der Waals surface area contributed by atoms with Crippen LogP contribution in [0.5, 0.6) is 5.75 Å². The van der Waals surface area contributed by atoms with E-state index in [0.29, 0.717) is 16.3 Å². The molecule has 0 aliphatic heterocycles. The molecule has 0 spiro atoms. The van der Waals surface area contributed by atoms with E-state index in [9.17, 15) is 17.6 Å². The summed E-state index contributed by atoms with van der Waals surface area (Å²) in [5.41, 5.74) is 2.16. The van der Waals surface area contributed by atoms with Gasteiger partial charge in [-0.3, -0.25) is 9.52 Å². The number of carbonyl (C=O) groups excluding carboxylic acids is 1. The molecule has 6 nitrogen and oxygen atoms in total. The number of hydrogen-bond acceptors (Lipinski definition) is 4. The molecule has 0 atom stereocenters. The van der Waals surface area contributed by atoms with Crippen LogP contribution in [0.4, 0.5) is 10.1 Å². The molecule has 3 aromatic rings. The van der Waals surface area contributed by atoms with E-state index in [0.717, 1.165) is 23.4 Å². The van der Waals surface area contributed by atoms with Crippen molar-refractivity contribution in [3.05, 3.63) is 83.1 Å². The van der Waals surface area contributed by atoms with E-state index in [1.165, 1.54) is 12.1 Å². The van der Waals surface area contributed by atoms with Crippen LogP contribution in [0.15, 0.2) is 66.7 Å².